The number of ether oxygens (including phenoxy) is 1. The molecule has 1 atom stereocenters. The van der Waals surface area contributed by atoms with Crippen molar-refractivity contribution in [3.63, 3.8) is 0 Å². The molecule has 2 aromatic rings. The van der Waals surface area contributed by atoms with Gasteiger partial charge in [0, 0.05) is 31.4 Å². The lowest BCUT2D eigenvalue weighted by molar-refractivity contribution is -0.138. The molecule has 2 heterocycles. The summed E-state index contributed by atoms with van der Waals surface area (Å²) in [5.74, 6) is -0.196. The van der Waals surface area contributed by atoms with E-state index in [0.717, 1.165) is 18.5 Å². The molecule has 0 N–H and O–H groups in total. The Hall–Kier alpha value is -2.34. The van der Waals surface area contributed by atoms with Crippen LogP contribution < -0.4 is 0 Å². The quantitative estimate of drug-likeness (QED) is 0.808. The summed E-state index contributed by atoms with van der Waals surface area (Å²) >= 11 is 0. The van der Waals surface area contributed by atoms with Crippen LogP contribution in [0.3, 0.4) is 0 Å². The number of nitrogens with zero attached hydrogens (tertiary/aromatic N) is 3. The zero-order chi connectivity index (χ0) is 17.5. The molecule has 5 nitrogen and oxygen atoms in total. The predicted octanol–water partition coefficient (Wildman–Crippen LogP) is 2.41. The maximum absolute atomic E-state index is 13.7. The summed E-state index contributed by atoms with van der Waals surface area (Å²) in [6, 6.07) is 8.50. The van der Waals surface area contributed by atoms with Crippen molar-refractivity contribution in [1.29, 1.82) is 0 Å². The molecule has 1 aliphatic heterocycles. The highest BCUT2D eigenvalue weighted by Gasteiger charge is 2.24. The van der Waals surface area contributed by atoms with Crippen LogP contribution in [0.15, 0.2) is 42.9 Å². The van der Waals surface area contributed by atoms with E-state index in [0.29, 0.717) is 38.1 Å². The van der Waals surface area contributed by atoms with Crippen LogP contribution in [0.1, 0.15) is 24.1 Å². The Morgan fingerprint density at radius 1 is 1.28 bits per heavy atom. The Bertz CT molecular complexity index is 696. The van der Waals surface area contributed by atoms with Gasteiger partial charge in [0.1, 0.15) is 12.1 Å². The minimum Gasteiger partial charge on any atom is -0.375 e. The molecule has 3 rings (SSSR count). The smallest absolute Gasteiger partial charge is 0.223 e. The fourth-order valence-electron chi connectivity index (χ4n) is 3.00. The van der Waals surface area contributed by atoms with Gasteiger partial charge in [-0.05, 0) is 37.0 Å². The zero-order valence-electron chi connectivity index (χ0n) is 14.1. The lowest BCUT2D eigenvalue weighted by Gasteiger charge is -2.33. The highest BCUT2D eigenvalue weighted by atomic mass is 19.1. The van der Waals surface area contributed by atoms with E-state index in [2.05, 4.69) is 9.97 Å². The molecule has 132 valence electrons. The number of aryl methyl sites for hydroxylation is 2. The average molecular weight is 343 g/mol. The van der Waals surface area contributed by atoms with Gasteiger partial charge in [-0.25, -0.2) is 14.4 Å². The lowest BCUT2D eigenvalue weighted by Crippen LogP contribution is -2.45. The predicted molar refractivity (Wildman–Crippen MR) is 91.4 cm³/mol. The first-order chi connectivity index (χ1) is 12.2. The Morgan fingerprint density at radius 3 is 2.96 bits per heavy atom. The second-order valence-corrected chi connectivity index (χ2v) is 6.16. The van der Waals surface area contributed by atoms with Gasteiger partial charge in [0.25, 0.3) is 0 Å². The summed E-state index contributed by atoms with van der Waals surface area (Å²) in [5.41, 5.74) is 1.56. The molecular formula is C19H22FN3O2. The monoisotopic (exact) mass is 343 g/mol. The maximum atomic E-state index is 13.7. The van der Waals surface area contributed by atoms with Gasteiger partial charge in [-0.1, -0.05) is 18.2 Å². The van der Waals surface area contributed by atoms with E-state index in [4.69, 9.17) is 4.74 Å². The van der Waals surface area contributed by atoms with Gasteiger partial charge in [0.15, 0.2) is 0 Å². The molecule has 1 saturated heterocycles. The molecule has 1 aliphatic rings. The number of halogens is 1. The number of morpholine rings is 1. The van der Waals surface area contributed by atoms with Crippen molar-refractivity contribution in [2.24, 2.45) is 0 Å². The zero-order valence-corrected chi connectivity index (χ0v) is 14.1. The van der Waals surface area contributed by atoms with Crippen LogP contribution in [-0.2, 0) is 22.4 Å². The second kappa shape index (κ2) is 8.67. The van der Waals surface area contributed by atoms with Gasteiger partial charge in [-0.2, -0.15) is 0 Å². The van der Waals surface area contributed by atoms with Crippen LogP contribution in [0.2, 0.25) is 0 Å². The summed E-state index contributed by atoms with van der Waals surface area (Å²) in [5, 5.41) is 0. The van der Waals surface area contributed by atoms with Crippen LogP contribution in [0.25, 0.3) is 0 Å². The Balaban J connectivity index is 1.47. The third-order valence-corrected chi connectivity index (χ3v) is 4.42. The van der Waals surface area contributed by atoms with Gasteiger partial charge in [0.2, 0.25) is 5.91 Å². The van der Waals surface area contributed by atoms with E-state index in [-0.39, 0.29) is 17.8 Å². The fourth-order valence-corrected chi connectivity index (χ4v) is 3.00. The molecule has 0 radical (unpaired) electrons. The largest absolute Gasteiger partial charge is 0.375 e. The number of rotatable bonds is 6. The van der Waals surface area contributed by atoms with Crippen molar-refractivity contribution in [3.8, 4) is 0 Å². The van der Waals surface area contributed by atoms with Crippen molar-refractivity contribution < 1.29 is 13.9 Å². The molecule has 1 fully saturated rings. The highest BCUT2D eigenvalue weighted by molar-refractivity contribution is 5.76. The van der Waals surface area contributed by atoms with E-state index in [1.54, 1.807) is 24.4 Å². The molecule has 1 aromatic heterocycles. The lowest BCUT2D eigenvalue weighted by atomic mass is 10.1. The molecule has 1 aromatic carbocycles. The van der Waals surface area contributed by atoms with Crippen molar-refractivity contribution in [3.05, 3.63) is 59.9 Å². The minimum absolute atomic E-state index is 0.0149. The third-order valence-electron chi connectivity index (χ3n) is 4.42. The normalized spacial score (nSPS) is 17.5. The van der Waals surface area contributed by atoms with E-state index < -0.39 is 0 Å². The van der Waals surface area contributed by atoms with Crippen LogP contribution in [-0.4, -0.2) is 46.6 Å². The van der Waals surface area contributed by atoms with Gasteiger partial charge < -0.3 is 9.64 Å². The van der Waals surface area contributed by atoms with Gasteiger partial charge >= 0.3 is 0 Å². The molecule has 0 saturated carbocycles. The number of amides is 1. The highest BCUT2D eigenvalue weighted by Crippen LogP contribution is 2.14. The van der Waals surface area contributed by atoms with Crippen LogP contribution in [0, 0.1) is 5.82 Å². The molecule has 25 heavy (non-hydrogen) atoms. The summed E-state index contributed by atoms with van der Waals surface area (Å²) in [7, 11) is 0. The van der Waals surface area contributed by atoms with Gasteiger partial charge in [-0.15, -0.1) is 0 Å². The average Bonchev–Trinajstić information content (AvgIpc) is 2.66. The van der Waals surface area contributed by atoms with E-state index in [9.17, 15) is 9.18 Å². The number of aromatic nitrogens is 2. The number of benzene rings is 1. The summed E-state index contributed by atoms with van der Waals surface area (Å²) in [6.07, 6.45) is 5.63. The fraction of sp³-hybridized carbons (Fsp3) is 0.421. The molecular weight excluding hydrogens is 321 g/mol. The van der Waals surface area contributed by atoms with Gasteiger partial charge in [-0.3, -0.25) is 4.79 Å². The Morgan fingerprint density at radius 2 is 2.16 bits per heavy atom. The van der Waals surface area contributed by atoms with Crippen LogP contribution in [0.5, 0.6) is 0 Å². The third kappa shape index (κ3) is 5.06. The van der Waals surface area contributed by atoms with Gasteiger partial charge in [0.05, 0.1) is 12.7 Å². The SMILES string of the molecule is O=C(CCc1ccccc1F)N1CCOC(CCc2ccncn2)C1. The summed E-state index contributed by atoms with van der Waals surface area (Å²) in [4.78, 5) is 22.4. The molecule has 0 aliphatic carbocycles. The second-order valence-electron chi connectivity index (χ2n) is 6.16. The van der Waals surface area contributed by atoms with Crippen molar-refractivity contribution in [1.82, 2.24) is 14.9 Å². The molecule has 1 amide bonds. The number of carbonyl (C=O) groups is 1. The molecule has 6 heteroatoms. The number of carbonyl (C=O) groups excluding carboxylic acids is 1. The molecule has 0 bridgehead atoms. The van der Waals surface area contributed by atoms with Crippen molar-refractivity contribution in [2.75, 3.05) is 19.7 Å². The Kier molecular flexibility index (Phi) is 6.06. The first kappa shape index (κ1) is 17.5. The summed E-state index contributed by atoms with van der Waals surface area (Å²) < 4.78 is 19.4. The first-order valence-corrected chi connectivity index (χ1v) is 8.60. The van der Waals surface area contributed by atoms with Crippen molar-refractivity contribution >= 4 is 5.91 Å². The van der Waals surface area contributed by atoms with Crippen molar-refractivity contribution in [2.45, 2.75) is 31.8 Å². The maximum Gasteiger partial charge on any atom is 0.223 e. The summed E-state index contributed by atoms with van der Waals surface area (Å²) in [6.45, 7) is 1.72. The number of hydrogen-bond donors (Lipinski definition) is 0. The topological polar surface area (TPSA) is 55.3 Å². The molecule has 1 unspecified atom stereocenters. The first-order valence-electron chi connectivity index (χ1n) is 8.60. The van der Waals surface area contributed by atoms with E-state index >= 15 is 0 Å². The molecule has 0 spiro atoms. The van der Waals surface area contributed by atoms with Crippen LogP contribution in [0.4, 0.5) is 4.39 Å². The minimum atomic E-state index is -0.250. The van der Waals surface area contributed by atoms with E-state index in [1.165, 1.54) is 12.4 Å². The Labute approximate surface area is 146 Å². The van der Waals surface area contributed by atoms with Crippen LogP contribution >= 0.6 is 0 Å². The van der Waals surface area contributed by atoms with E-state index in [1.807, 2.05) is 11.0 Å². The standard InChI is InChI=1S/C19H22FN3O2/c20-18-4-2-1-3-15(18)5-8-19(24)23-11-12-25-17(13-23)7-6-16-9-10-21-14-22-16/h1-4,9-10,14,17H,5-8,11-13H2. The number of hydrogen-bond acceptors (Lipinski definition) is 4.